The summed E-state index contributed by atoms with van der Waals surface area (Å²) in [5.41, 5.74) is 7.69. The third-order valence-corrected chi connectivity index (χ3v) is 7.26. The first-order valence-corrected chi connectivity index (χ1v) is 12.1. The summed E-state index contributed by atoms with van der Waals surface area (Å²) in [6, 6.07) is 16.9. The van der Waals surface area contributed by atoms with Gasteiger partial charge in [-0.3, -0.25) is 4.98 Å². The van der Waals surface area contributed by atoms with Gasteiger partial charge in [-0.2, -0.15) is 0 Å². The number of fused-ring (bicyclic) bond motifs is 1. The molecule has 0 radical (unpaired) electrons. The molecule has 1 aliphatic carbocycles. The summed E-state index contributed by atoms with van der Waals surface area (Å²) in [5.74, 6) is 0. The molecular weight excluding hydrogens is 436 g/mol. The zero-order valence-electron chi connectivity index (χ0n) is 18.5. The van der Waals surface area contributed by atoms with Gasteiger partial charge in [0.1, 0.15) is 5.69 Å². The maximum atomic E-state index is 6.80. The highest BCUT2D eigenvalue weighted by atomic mass is 35.5. The Labute approximate surface area is 197 Å². The molecule has 4 nitrogen and oxygen atoms in total. The van der Waals surface area contributed by atoms with Crippen molar-refractivity contribution < 1.29 is 0 Å². The van der Waals surface area contributed by atoms with Crippen molar-refractivity contribution in [3.63, 3.8) is 0 Å². The largest absolute Gasteiger partial charge is 0.251 e. The second-order valence-corrected chi connectivity index (χ2v) is 10.5. The predicted molar refractivity (Wildman–Crippen MR) is 133 cm³/mol. The van der Waals surface area contributed by atoms with Gasteiger partial charge in [0.25, 0.3) is 0 Å². The Balaban J connectivity index is 1.36. The molecule has 162 valence electrons. The normalized spacial score (nSPS) is 14.0. The van der Waals surface area contributed by atoms with Crippen LogP contribution in [0.3, 0.4) is 0 Å². The van der Waals surface area contributed by atoms with Gasteiger partial charge in [-0.25, -0.2) is 4.68 Å². The number of halogens is 1. The highest BCUT2D eigenvalue weighted by Crippen LogP contribution is 2.36. The summed E-state index contributed by atoms with van der Waals surface area (Å²) in [4.78, 5) is 6.06. The topological polar surface area (TPSA) is 43.6 Å². The first kappa shape index (κ1) is 21.1. The molecule has 0 saturated carbocycles. The van der Waals surface area contributed by atoms with Gasteiger partial charge in [0, 0.05) is 11.1 Å². The molecule has 1 aliphatic rings. The molecule has 32 heavy (non-hydrogen) atoms. The number of rotatable bonds is 4. The van der Waals surface area contributed by atoms with Gasteiger partial charge < -0.3 is 0 Å². The number of pyridine rings is 1. The maximum Gasteiger partial charge on any atom is 0.113 e. The lowest BCUT2D eigenvalue weighted by atomic mass is 9.86. The maximum absolute atomic E-state index is 6.80. The van der Waals surface area contributed by atoms with E-state index in [0.29, 0.717) is 6.54 Å². The third kappa shape index (κ3) is 4.15. The summed E-state index contributed by atoms with van der Waals surface area (Å²) in [5, 5.41) is 11.6. The Kier molecular flexibility index (Phi) is 5.48. The zero-order chi connectivity index (χ0) is 22.3. The van der Waals surface area contributed by atoms with Gasteiger partial charge in [0.05, 0.1) is 34.0 Å². The Hall–Kier alpha value is -2.76. The Morgan fingerprint density at radius 1 is 1.00 bits per heavy atom. The Morgan fingerprint density at radius 2 is 1.81 bits per heavy atom. The fourth-order valence-corrected chi connectivity index (χ4v) is 5.04. The van der Waals surface area contributed by atoms with Crippen molar-refractivity contribution in [3.8, 4) is 21.8 Å². The summed E-state index contributed by atoms with van der Waals surface area (Å²) < 4.78 is 1.88. The number of allylic oxidation sites excluding steroid dienone is 1. The Morgan fingerprint density at radius 3 is 2.53 bits per heavy atom. The number of benzene rings is 1. The summed E-state index contributed by atoms with van der Waals surface area (Å²) in [7, 11) is 0. The number of aromatic nitrogens is 4. The lowest BCUT2D eigenvalue weighted by molar-refractivity contribution is 0.590. The van der Waals surface area contributed by atoms with E-state index < -0.39 is 0 Å². The summed E-state index contributed by atoms with van der Waals surface area (Å²) >= 11 is 8.51. The highest BCUT2D eigenvalue weighted by molar-refractivity contribution is 7.13. The lowest BCUT2D eigenvalue weighted by Crippen LogP contribution is -2.10. The van der Waals surface area contributed by atoms with Crippen molar-refractivity contribution in [1.29, 1.82) is 0 Å². The summed E-state index contributed by atoms with van der Waals surface area (Å²) in [6.07, 6.45) is 3.76. The average Bonchev–Trinajstić information content (AvgIpc) is 3.47. The van der Waals surface area contributed by atoms with E-state index in [1.54, 1.807) is 11.3 Å². The molecule has 3 heterocycles. The van der Waals surface area contributed by atoms with Gasteiger partial charge in [-0.1, -0.05) is 67.9 Å². The second kappa shape index (κ2) is 8.30. The van der Waals surface area contributed by atoms with Crippen molar-refractivity contribution in [2.24, 2.45) is 0 Å². The first-order valence-electron chi connectivity index (χ1n) is 10.8. The molecule has 4 aromatic rings. The molecular formula is C26H25ClN4S. The van der Waals surface area contributed by atoms with Crippen LogP contribution in [0.4, 0.5) is 0 Å². The molecule has 0 fully saturated rings. The molecule has 6 heteroatoms. The minimum absolute atomic E-state index is 0.135. The second-order valence-electron chi connectivity index (χ2n) is 9.21. The number of hydrogen-bond acceptors (Lipinski definition) is 4. The van der Waals surface area contributed by atoms with Crippen LogP contribution in [0, 0.1) is 0 Å². The molecule has 3 aromatic heterocycles. The molecule has 0 spiro atoms. The van der Waals surface area contributed by atoms with Gasteiger partial charge in [-0.05, 0) is 53.0 Å². The molecule has 0 bridgehead atoms. The minimum atomic E-state index is 0.135. The van der Waals surface area contributed by atoms with Crippen molar-refractivity contribution >= 4 is 28.0 Å². The molecule has 1 aromatic carbocycles. The van der Waals surface area contributed by atoms with Crippen molar-refractivity contribution in [2.45, 2.75) is 45.6 Å². The zero-order valence-corrected chi connectivity index (χ0v) is 20.0. The minimum Gasteiger partial charge on any atom is -0.251 e. The van der Waals surface area contributed by atoms with E-state index in [-0.39, 0.29) is 5.41 Å². The van der Waals surface area contributed by atoms with Gasteiger partial charge in [0.15, 0.2) is 0 Å². The molecule has 0 saturated heterocycles. The number of hydrogen-bond donors (Lipinski definition) is 0. The van der Waals surface area contributed by atoms with Crippen LogP contribution in [0.25, 0.3) is 26.9 Å². The predicted octanol–water partition coefficient (Wildman–Crippen LogP) is 6.96. The lowest BCUT2D eigenvalue weighted by Gasteiger charge is -2.19. The van der Waals surface area contributed by atoms with E-state index >= 15 is 0 Å². The SMILES string of the molecule is CC(C)(C)c1ccc(-c2cn(CC3=C(Cl)c4ccc(-c5cccs5)nc4CC3)nn2)cc1. The van der Waals surface area contributed by atoms with Crippen molar-refractivity contribution in [1.82, 2.24) is 20.0 Å². The van der Waals surface area contributed by atoms with Gasteiger partial charge >= 0.3 is 0 Å². The average molecular weight is 461 g/mol. The third-order valence-electron chi connectivity index (χ3n) is 5.90. The van der Waals surface area contributed by atoms with Gasteiger partial charge in [-0.15, -0.1) is 16.4 Å². The fourth-order valence-electron chi connectivity index (χ4n) is 4.02. The van der Waals surface area contributed by atoms with E-state index in [1.165, 1.54) is 16.0 Å². The smallest absolute Gasteiger partial charge is 0.113 e. The molecule has 0 N–H and O–H groups in total. The number of aryl methyl sites for hydroxylation is 1. The highest BCUT2D eigenvalue weighted by Gasteiger charge is 2.21. The standard InChI is InChI=1S/C26H25ClN4S/c1-26(2,3)19-9-6-17(7-10-19)23-16-31(30-29-23)15-18-8-12-21-20(25(18)27)11-13-22(28-21)24-5-4-14-32-24/h4-7,9-11,13-14,16H,8,12,15H2,1-3H3. The van der Waals surface area contributed by atoms with Crippen LogP contribution in [0.15, 0.2) is 65.7 Å². The van der Waals surface area contributed by atoms with Crippen LogP contribution in [-0.4, -0.2) is 20.0 Å². The quantitative estimate of drug-likeness (QED) is 0.330. The van der Waals surface area contributed by atoms with E-state index in [1.807, 2.05) is 10.9 Å². The van der Waals surface area contributed by atoms with Crippen LogP contribution in [-0.2, 0) is 18.4 Å². The molecule has 0 amide bonds. The van der Waals surface area contributed by atoms with Gasteiger partial charge in [0.2, 0.25) is 0 Å². The Bertz CT molecular complexity index is 1280. The van der Waals surface area contributed by atoms with E-state index in [0.717, 1.165) is 46.1 Å². The number of nitrogens with zero attached hydrogens (tertiary/aromatic N) is 4. The number of thiophene rings is 1. The molecule has 0 unspecified atom stereocenters. The van der Waals surface area contributed by atoms with Crippen LogP contribution in [0.2, 0.25) is 0 Å². The summed E-state index contributed by atoms with van der Waals surface area (Å²) in [6.45, 7) is 7.29. The first-order chi connectivity index (χ1) is 15.4. The molecule has 0 aliphatic heterocycles. The molecule has 0 atom stereocenters. The van der Waals surface area contributed by atoms with Crippen LogP contribution < -0.4 is 0 Å². The van der Waals surface area contributed by atoms with E-state index in [2.05, 4.69) is 85.0 Å². The van der Waals surface area contributed by atoms with E-state index in [4.69, 9.17) is 16.6 Å². The molecule has 5 rings (SSSR count). The monoisotopic (exact) mass is 460 g/mol. The van der Waals surface area contributed by atoms with Crippen molar-refractivity contribution in [2.75, 3.05) is 0 Å². The fraction of sp³-hybridized carbons (Fsp3) is 0.269. The van der Waals surface area contributed by atoms with Crippen LogP contribution >= 0.6 is 22.9 Å². The van der Waals surface area contributed by atoms with Crippen molar-refractivity contribution in [3.05, 3.63) is 82.5 Å². The van der Waals surface area contributed by atoms with Crippen LogP contribution in [0.1, 0.15) is 44.0 Å². The van der Waals surface area contributed by atoms with E-state index in [9.17, 15) is 0 Å². The van der Waals surface area contributed by atoms with Crippen LogP contribution in [0.5, 0.6) is 0 Å².